The molecule has 114 valence electrons. The standard InChI is InChI=1S/C13H20N6OS/c1-8(2)17-13-18-11(14)10(21-13)12(20)15-6-4-9-5-7-16-19(9)3/h5,7-8H,4,6,14H2,1-3H3,(H,15,20)(H,17,18). The summed E-state index contributed by atoms with van der Waals surface area (Å²) in [5.74, 6) is 0.0742. The Morgan fingerprint density at radius 2 is 2.29 bits per heavy atom. The van der Waals surface area contributed by atoms with E-state index in [1.165, 1.54) is 11.3 Å². The molecule has 7 nitrogen and oxygen atoms in total. The maximum absolute atomic E-state index is 12.1. The maximum Gasteiger partial charge on any atom is 0.265 e. The molecule has 0 aliphatic heterocycles. The van der Waals surface area contributed by atoms with Crippen LogP contribution in [-0.2, 0) is 13.5 Å². The summed E-state index contributed by atoms with van der Waals surface area (Å²) in [5.41, 5.74) is 6.86. The van der Waals surface area contributed by atoms with Gasteiger partial charge in [-0.25, -0.2) is 4.98 Å². The number of aryl methyl sites for hydroxylation is 1. The summed E-state index contributed by atoms with van der Waals surface area (Å²) in [5, 5.41) is 10.7. The van der Waals surface area contributed by atoms with Crippen LogP contribution < -0.4 is 16.4 Å². The van der Waals surface area contributed by atoms with Gasteiger partial charge in [0.25, 0.3) is 5.91 Å². The zero-order chi connectivity index (χ0) is 15.4. The molecule has 8 heteroatoms. The van der Waals surface area contributed by atoms with Crippen LogP contribution in [0.15, 0.2) is 12.3 Å². The van der Waals surface area contributed by atoms with Crippen molar-refractivity contribution in [3.63, 3.8) is 0 Å². The Morgan fingerprint density at radius 3 is 2.90 bits per heavy atom. The van der Waals surface area contributed by atoms with Crippen molar-refractivity contribution in [2.24, 2.45) is 7.05 Å². The molecule has 0 saturated heterocycles. The fourth-order valence-corrected chi connectivity index (χ4v) is 2.78. The lowest BCUT2D eigenvalue weighted by molar-refractivity contribution is 0.0958. The van der Waals surface area contributed by atoms with Crippen LogP contribution >= 0.6 is 11.3 Å². The van der Waals surface area contributed by atoms with Gasteiger partial charge in [0, 0.05) is 37.9 Å². The maximum atomic E-state index is 12.1. The van der Waals surface area contributed by atoms with Crippen LogP contribution in [0.5, 0.6) is 0 Å². The molecule has 4 N–H and O–H groups in total. The second kappa shape index (κ2) is 6.57. The van der Waals surface area contributed by atoms with Gasteiger partial charge in [-0.15, -0.1) is 0 Å². The zero-order valence-corrected chi connectivity index (χ0v) is 13.2. The number of nitrogens with two attached hydrogens (primary N) is 1. The van der Waals surface area contributed by atoms with E-state index >= 15 is 0 Å². The number of nitrogens with one attached hydrogen (secondary N) is 2. The molecule has 0 atom stereocenters. The molecule has 0 radical (unpaired) electrons. The van der Waals surface area contributed by atoms with Crippen LogP contribution in [0.2, 0.25) is 0 Å². The summed E-state index contributed by atoms with van der Waals surface area (Å²) < 4.78 is 1.79. The van der Waals surface area contributed by atoms with Crippen LogP contribution in [0.3, 0.4) is 0 Å². The summed E-state index contributed by atoms with van der Waals surface area (Å²) >= 11 is 1.27. The van der Waals surface area contributed by atoms with E-state index in [4.69, 9.17) is 5.73 Å². The molecule has 2 rings (SSSR count). The average Bonchev–Trinajstić information content (AvgIpc) is 2.95. The summed E-state index contributed by atoms with van der Waals surface area (Å²) in [7, 11) is 1.88. The molecule has 2 aromatic heterocycles. The van der Waals surface area contributed by atoms with E-state index in [-0.39, 0.29) is 17.8 Å². The molecule has 0 spiro atoms. The van der Waals surface area contributed by atoms with Crippen LogP contribution in [0.25, 0.3) is 0 Å². The van der Waals surface area contributed by atoms with Crippen molar-refractivity contribution in [3.8, 4) is 0 Å². The fourth-order valence-electron chi connectivity index (χ4n) is 1.83. The molecule has 0 aromatic carbocycles. The smallest absolute Gasteiger partial charge is 0.265 e. The van der Waals surface area contributed by atoms with Gasteiger partial charge in [-0.1, -0.05) is 11.3 Å². The van der Waals surface area contributed by atoms with Crippen molar-refractivity contribution in [2.45, 2.75) is 26.3 Å². The van der Waals surface area contributed by atoms with Gasteiger partial charge in [0.05, 0.1) is 0 Å². The van der Waals surface area contributed by atoms with E-state index in [2.05, 4.69) is 20.7 Å². The number of amides is 1. The Bertz CT molecular complexity index is 618. The van der Waals surface area contributed by atoms with Gasteiger partial charge < -0.3 is 16.4 Å². The SMILES string of the molecule is CC(C)Nc1nc(N)c(C(=O)NCCc2ccnn2C)s1. The number of aromatic nitrogens is 3. The molecule has 2 heterocycles. The first-order chi connectivity index (χ1) is 9.97. The molecule has 0 aliphatic rings. The second-order valence-electron chi connectivity index (χ2n) is 4.98. The normalized spacial score (nSPS) is 10.9. The molecule has 0 aliphatic carbocycles. The number of thiazole rings is 1. The van der Waals surface area contributed by atoms with Gasteiger partial charge in [-0.3, -0.25) is 9.48 Å². The first kappa shape index (κ1) is 15.3. The summed E-state index contributed by atoms with van der Waals surface area (Å²) in [6.45, 7) is 4.54. The van der Waals surface area contributed by atoms with Crippen LogP contribution in [0.1, 0.15) is 29.2 Å². The average molecular weight is 308 g/mol. The lowest BCUT2D eigenvalue weighted by Crippen LogP contribution is -2.26. The van der Waals surface area contributed by atoms with Gasteiger partial charge in [0.2, 0.25) is 0 Å². The molecular weight excluding hydrogens is 288 g/mol. The van der Waals surface area contributed by atoms with E-state index in [1.54, 1.807) is 10.9 Å². The van der Waals surface area contributed by atoms with Crippen molar-refractivity contribution in [2.75, 3.05) is 17.6 Å². The Morgan fingerprint density at radius 1 is 1.52 bits per heavy atom. The van der Waals surface area contributed by atoms with Crippen molar-refractivity contribution >= 4 is 28.2 Å². The Kier molecular flexibility index (Phi) is 4.79. The third-order valence-corrected chi connectivity index (χ3v) is 3.86. The van der Waals surface area contributed by atoms with Gasteiger partial charge in [0.1, 0.15) is 10.7 Å². The molecule has 1 amide bonds. The summed E-state index contributed by atoms with van der Waals surface area (Å²) in [6.07, 6.45) is 2.46. The number of rotatable bonds is 6. The topological polar surface area (TPSA) is 97.9 Å². The molecule has 0 saturated carbocycles. The molecular formula is C13H20N6OS. The number of nitrogens with zero attached hydrogens (tertiary/aromatic N) is 3. The number of hydrogen-bond acceptors (Lipinski definition) is 6. The van der Waals surface area contributed by atoms with Gasteiger partial charge in [0.15, 0.2) is 5.13 Å². The van der Waals surface area contributed by atoms with Gasteiger partial charge >= 0.3 is 0 Å². The van der Waals surface area contributed by atoms with Crippen molar-refractivity contribution in [3.05, 3.63) is 22.8 Å². The highest BCUT2D eigenvalue weighted by atomic mass is 32.1. The first-order valence-corrected chi connectivity index (χ1v) is 7.57. The fraction of sp³-hybridized carbons (Fsp3) is 0.462. The predicted octanol–water partition coefficient (Wildman–Crippen LogP) is 1.25. The van der Waals surface area contributed by atoms with Gasteiger partial charge in [-0.05, 0) is 19.9 Å². The predicted molar refractivity (Wildman–Crippen MR) is 84.5 cm³/mol. The van der Waals surface area contributed by atoms with Crippen LogP contribution in [-0.4, -0.2) is 33.3 Å². The van der Waals surface area contributed by atoms with E-state index in [0.29, 0.717) is 16.6 Å². The highest BCUT2D eigenvalue weighted by Gasteiger charge is 2.16. The van der Waals surface area contributed by atoms with E-state index in [9.17, 15) is 4.79 Å². The quantitative estimate of drug-likeness (QED) is 0.746. The zero-order valence-electron chi connectivity index (χ0n) is 12.4. The van der Waals surface area contributed by atoms with Crippen LogP contribution in [0, 0.1) is 0 Å². The van der Waals surface area contributed by atoms with Crippen molar-refractivity contribution in [1.82, 2.24) is 20.1 Å². The minimum absolute atomic E-state index is 0.191. The van der Waals surface area contributed by atoms with Crippen molar-refractivity contribution < 1.29 is 4.79 Å². The second-order valence-corrected chi connectivity index (χ2v) is 5.98. The van der Waals surface area contributed by atoms with E-state index in [1.807, 2.05) is 27.0 Å². The number of hydrogen-bond donors (Lipinski definition) is 3. The molecule has 2 aromatic rings. The van der Waals surface area contributed by atoms with E-state index in [0.717, 1.165) is 12.1 Å². The largest absolute Gasteiger partial charge is 0.382 e. The number of anilines is 2. The van der Waals surface area contributed by atoms with Crippen LogP contribution in [0.4, 0.5) is 10.9 Å². The Hall–Kier alpha value is -2.09. The minimum atomic E-state index is -0.191. The Balaban J connectivity index is 1.91. The number of carbonyl (C=O) groups excluding carboxylic acids is 1. The molecule has 21 heavy (non-hydrogen) atoms. The third-order valence-electron chi connectivity index (χ3n) is 2.86. The molecule has 0 unspecified atom stereocenters. The minimum Gasteiger partial charge on any atom is -0.382 e. The highest BCUT2D eigenvalue weighted by molar-refractivity contribution is 7.18. The number of nitrogen functional groups attached to an aromatic ring is 1. The molecule has 0 bridgehead atoms. The lowest BCUT2D eigenvalue weighted by atomic mass is 10.3. The lowest BCUT2D eigenvalue weighted by Gasteiger charge is -2.05. The number of carbonyl (C=O) groups is 1. The summed E-state index contributed by atoms with van der Waals surface area (Å²) in [6, 6.07) is 2.18. The molecule has 0 fully saturated rings. The summed E-state index contributed by atoms with van der Waals surface area (Å²) in [4.78, 5) is 16.7. The van der Waals surface area contributed by atoms with E-state index < -0.39 is 0 Å². The highest BCUT2D eigenvalue weighted by Crippen LogP contribution is 2.25. The first-order valence-electron chi connectivity index (χ1n) is 6.75. The van der Waals surface area contributed by atoms with Gasteiger partial charge in [-0.2, -0.15) is 5.10 Å². The third kappa shape index (κ3) is 3.94. The monoisotopic (exact) mass is 308 g/mol. The Labute approximate surface area is 127 Å². The van der Waals surface area contributed by atoms with Crippen molar-refractivity contribution in [1.29, 1.82) is 0 Å².